The lowest BCUT2D eigenvalue weighted by molar-refractivity contribution is -0.142. The predicted octanol–water partition coefficient (Wildman–Crippen LogP) is 2.18. The van der Waals surface area contributed by atoms with Crippen molar-refractivity contribution in [2.75, 3.05) is 11.4 Å². The molecule has 1 fully saturated rings. The Bertz CT molecular complexity index is 421. The van der Waals surface area contributed by atoms with Crippen LogP contribution in [0.25, 0.3) is 0 Å². The lowest BCUT2D eigenvalue weighted by Crippen LogP contribution is -2.42. The molecule has 100 valence electrons. The molecule has 1 aromatic rings. The van der Waals surface area contributed by atoms with Crippen molar-refractivity contribution in [3.8, 4) is 0 Å². The quantitative estimate of drug-likeness (QED) is 0.907. The molecule has 1 aromatic heterocycles. The molecule has 0 spiro atoms. The number of piperidine rings is 1. The van der Waals surface area contributed by atoms with Gasteiger partial charge in [0.2, 0.25) is 5.13 Å². The van der Waals surface area contributed by atoms with Crippen LogP contribution in [0.1, 0.15) is 38.9 Å². The van der Waals surface area contributed by atoms with E-state index >= 15 is 0 Å². The van der Waals surface area contributed by atoms with Crippen molar-refractivity contribution in [3.63, 3.8) is 0 Å². The second kappa shape index (κ2) is 5.65. The van der Waals surface area contributed by atoms with Crippen LogP contribution in [0.15, 0.2) is 0 Å². The molecule has 2 heterocycles. The van der Waals surface area contributed by atoms with Gasteiger partial charge >= 0.3 is 5.97 Å². The van der Waals surface area contributed by atoms with E-state index in [1.54, 1.807) is 0 Å². The van der Waals surface area contributed by atoms with Crippen LogP contribution >= 0.6 is 11.5 Å². The van der Waals surface area contributed by atoms with E-state index in [9.17, 15) is 4.79 Å². The van der Waals surface area contributed by atoms with Crippen LogP contribution in [-0.2, 0) is 11.2 Å². The highest BCUT2D eigenvalue weighted by Crippen LogP contribution is 2.29. The Morgan fingerprint density at radius 3 is 3.00 bits per heavy atom. The molecule has 2 unspecified atom stereocenters. The van der Waals surface area contributed by atoms with Gasteiger partial charge in [0.05, 0.1) is 5.92 Å². The number of anilines is 1. The van der Waals surface area contributed by atoms with Gasteiger partial charge < -0.3 is 10.0 Å². The van der Waals surface area contributed by atoms with E-state index in [1.807, 2.05) is 0 Å². The lowest BCUT2D eigenvalue weighted by atomic mass is 9.92. The number of carboxylic acid groups (broad SMARTS) is 1. The molecule has 1 N–H and O–H groups in total. The molecule has 0 radical (unpaired) electrons. The zero-order chi connectivity index (χ0) is 13.1. The fourth-order valence-corrected chi connectivity index (χ4v) is 3.21. The third-order valence-corrected chi connectivity index (χ3v) is 4.19. The highest BCUT2D eigenvalue weighted by atomic mass is 32.1. The number of hydrogen-bond acceptors (Lipinski definition) is 5. The van der Waals surface area contributed by atoms with Gasteiger partial charge in [-0.05, 0) is 26.2 Å². The van der Waals surface area contributed by atoms with Crippen molar-refractivity contribution in [3.05, 3.63) is 5.82 Å². The van der Waals surface area contributed by atoms with Crippen molar-refractivity contribution >= 4 is 22.6 Å². The smallest absolute Gasteiger partial charge is 0.306 e. The van der Waals surface area contributed by atoms with Gasteiger partial charge in [-0.3, -0.25) is 4.79 Å². The zero-order valence-corrected chi connectivity index (χ0v) is 11.6. The zero-order valence-electron chi connectivity index (χ0n) is 10.8. The van der Waals surface area contributed by atoms with Crippen LogP contribution in [-0.4, -0.2) is 33.0 Å². The Labute approximate surface area is 111 Å². The van der Waals surface area contributed by atoms with Gasteiger partial charge in [0.25, 0.3) is 0 Å². The molecule has 5 nitrogen and oxygen atoms in total. The van der Waals surface area contributed by atoms with E-state index in [1.165, 1.54) is 11.5 Å². The molecule has 2 rings (SSSR count). The van der Waals surface area contributed by atoms with Crippen molar-refractivity contribution in [2.45, 2.75) is 45.6 Å². The van der Waals surface area contributed by atoms with E-state index in [2.05, 4.69) is 28.1 Å². The summed E-state index contributed by atoms with van der Waals surface area (Å²) in [5.41, 5.74) is 0. The Balaban J connectivity index is 2.03. The molecular weight excluding hydrogens is 250 g/mol. The SMILES string of the molecule is CCCc1nsc(N2CCC(C(=O)O)CC2C)n1. The third-order valence-electron chi connectivity index (χ3n) is 3.40. The second-order valence-corrected chi connectivity index (χ2v) is 5.58. The Kier molecular flexibility index (Phi) is 4.16. The summed E-state index contributed by atoms with van der Waals surface area (Å²) in [6.45, 7) is 4.94. The fraction of sp³-hybridized carbons (Fsp3) is 0.750. The molecule has 6 heteroatoms. The summed E-state index contributed by atoms with van der Waals surface area (Å²) in [4.78, 5) is 17.7. The highest BCUT2D eigenvalue weighted by molar-refractivity contribution is 7.09. The summed E-state index contributed by atoms with van der Waals surface area (Å²) in [5, 5.41) is 9.98. The lowest BCUT2D eigenvalue weighted by Gasteiger charge is -2.35. The van der Waals surface area contributed by atoms with Crippen LogP contribution in [0.2, 0.25) is 0 Å². The van der Waals surface area contributed by atoms with Crippen LogP contribution in [0, 0.1) is 5.92 Å². The number of carbonyl (C=O) groups is 1. The standard InChI is InChI=1S/C12H19N3O2S/c1-3-4-10-13-12(18-14-10)15-6-5-9(11(16)17)7-8(15)2/h8-9H,3-7H2,1-2H3,(H,16,17). The fourth-order valence-electron chi connectivity index (χ4n) is 2.37. The minimum Gasteiger partial charge on any atom is -0.481 e. The largest absolute Gasteiger partial charge is 0.481 e. The van der Waals surface area contributed by atoms with Gasteiger partial charge in [-0.1, -0.05) is 6.92 Å². The first-order valence-electron chi connectivity index (χ1n) is 6.43. The van der Waals surface area contributed by atoms with Crippen molar-refractivity contribution in [1.29, 1.82) is 0 Å². The number of rotatable bonds is 4. The van der Waals surface area contributed by atoms with E-state index in [-0.39, 0.29) is 12.0 Å². The third kappa shape index (κ3) is 2.80. The van der Waals surface area contributed by atoms with E-state index in [4.69, 9.17) is 5.11 Å². The molecule has 1 aliphatic rings. The molecule has 2 atom stereocenters. The van der Waals surface area contributed by atoms with Crippen molar-refractivity contribution in [1.82, 2.24) is 9.36 Å². The molecule has 0 amide bonds. The first-order chi connectivity index (χ1) is 8.61. The monoisotopic (exact) mass is 269 g/mol. The number of nitrogens with zero attached hydrogens (tertiary/aromatic N) is 3. The topological polar surface area (TPSA) is 66.3 Å². The molecule has 0 aromatic carbocycles. The van der Waals surface area contributed by atoms with Gasteiger partial charge in [0.15, 0.2) is 0 Å². The number of aliphatic carboxylic acids is 1. The van der Waals surface area contributed by atoms with Gasteiger partial charge in [0, 0.05) is 30.5 Å². The molecule has 1 saturated heterocycles. The average Bonchev–Trinajstić information content (AvgIpc) is 2.77. The first kappa shape index (κ1) is 13.3. The van der Waals surface area contributed by atoms with Crippen LogP contribution in [0.3, 0.4) is 0 Å². The molecule has 18 heavy (non-hydrogen) atoms. The van der Waals surface area contributed by atoms with Crippen molar-refractivity contribution < 1.29 is 9.90 Å². The Morgan fingerprint density at radius 2 is 2.39 bits per heavy atom. The maximum atomic E-state index is 11.0. The number of carboxylic acids is 1. The van der Waals surface area contributed by atoms with E-state index in [0.717, 1.165) is 30.3 Å². The molecule has 1 aliphatic heterocycles. The molecule has 0 aliphatic carbocycles. The normalized spacial score (nSPS) is 24.2. The molecular formula is C12H19N3O2S. The van der Waals surface area contributed by atoms with Crippen LogP contribution in [0.5, 0.6) is 0 Å². The number of aromatic nitrogens is 2. The molecule has 0 saturated carbocycles. The van der Waals surface area contributed by atoms with E-state index < -0.39 is 5.97 Å². The van der Waals surface area contributed by atoms with Gasteiger partial charge in [-0.15, -0.1) is 0 Å². The van der Waals surface area contributed by atoms with Crippen LogP contribution in [0.4, 0.5) is 5.13 Å². The summed E-state index contributed by atoms with van der Waals surface area (Å²) in [7, 11) is 0. The van der Waals surface area contributed by atoms with Crippen LogP contribution < -0.4 is 4.90 Å². The summed E-state index contributed by atoms with van der Waals surface area (Å²) < 4.78 is 4.34. The minimum absolute atomic E-state index is 0.209. The number of aryl methyl sites for hydroxylation is 1. The van der Waals surface area contributed by atoms with Gasteiger partial charge in [-0.2, -0.15) is 4.37 Å². The van der Waals surface area contributed by atoms with Gasteiger partial charge in [-0.25, -0.2) is 4.98 Å². The summed E-state index contributed by atoms with van der Waals surface area (Å²) >= 11 is 1.43. The first-order valence-corrected chi connectivity index (χ1v) is 7.21. The second-order valence-electron chi connectivity index (χ2n) is 4.85. The minimum atomic E-state index is -0.676. The summed E-state index contributed by atoms with van der Waals surface area (Å²) in [5.74, 6) is 0.0229. The summed E-state index contributed by atoms with van der Waals surface area (Å²) in [6.07, 6.45) is 3.35. The predicted molar refractivity (Wildman–Crippen MR) is 71.1 cm³/mol. The molecule has 0 bridgehead atoms. The highest BCUT2D eigenvalue weighted by Gasteiger charge is 2.31. The maximum Gasteiger partial charge on any atom is 0.306 e. The van der Waals surface area contributed by atoms with Gasteiger partial charge in [0.1, 0.15) is 5.82 Å². The Morgan fingerprint density at radius 1 is 1.61 bits per heavy atom. The average molecular weight is 269 g/mol. The number of hydrogen-bond donors (Lipinski definition) is 1. The summed E-state index contributed by atoms with van der Waals surface area (Å²) in [6, 6.07) is 0.224. The maximum absolute atomic E-state index is 11.0. The Hall–Kier alpha value is -1.17. The van der Waals surface area contributed by atoms with E-state index in [0.29, 0.717) is 12.8 Å². The van der Waals surface area contributed by atoms with Crippen molar-refractivity contribution in [2.24, 2.45) is 5.92 Å².